The van der Waals surface area contributed by atoms with E-state index in [0.29, 0.717) is 19.6 Å². The number of esters is 2. The van der Waals surface area contributed by atoms with Gasteiger partial charge in [0.1, 0.15) is 11.6 Å². The van der Waals surface area contributed by atoms with Gasteiger partial charge in [0.2, 0.25) is 11.8 Å². The van der Waals surface area contributed by atoms with Crippen molar-refractivity contribution in [3.8, 4) is 0 Å². The molecular weight excluding hydrogens is 686 g/mol. The van der Waals surface area contributed by atoms with E-state index in [9.17, 15) is 24.0 Å². The standard InChI is InChI=1S/C43H81N3O8/c1-8-12-16-20-27-35(25-14-10-3)40(49)52-33-23-19-18-22-31-44-39(48)37(30-32-45-42(51)54-43(5,6)7)46-38(47)29-24-34-53-41(50)36(26-15-11-4)28-21-17-13-9-2/h35-37H,8-34H2,1-7H3,(H,44,48)(H,45,51)(H,46,47)/t35?,36?,37-/m0/s1. The molecule has 54 heavy (non-hydrogen) atoms. The van der Waals surface area contributed by atoms with Crippen LogP contribution in [0, 0.1) is 11.8 Å². The second-order valence-electron chi connectivity index (χ2n) is 15.9. The quantitative estimate of drug-likeness (QED) is 0.0333. The molecule has 2 unspecified atom stereocenters. The molecule has 0 rings (SSSR count). The first-order valence-corrected chi connectivity index (χ1v) is 21.7. The lowest BCUT2D eigenvalue weighted by atomic mass is 9.95. The number of nitrogens with one attached hydrogen (secondary N) is 3. The van der Waals surface area contributed by atoms with E-state index in [1.807, 2.05) is 0 Å². The fraction of sp³-hybridized carbons (Fsp3) is 0.884. The summed E-state index contributed by atoms with van der Waals surface area (Å²) in [7, 11) is 0. The van der Waals surface area contributed by atoms with Crippen LogP contribution in [0.5, 0.6) is 0 Å². The van der Waals surface area contributed by atoms with Gasteiger partial charge in [0.15, 0.2) is 0 Å². The zero-order valence-electron chi connectivity index (χ0n) is 35.6. The number of hydrogen-bond acceptors (Lipinski definition) is 8. The maximum atomic E-state index is 13.2. The Bertz CT molecular complexity index is 1000. The van der Waals surface area contributed by atoms with Gasteiger partial charge in [-0.1, -0.05) is 111 Å². The monoisotopic (exact) mass is 768 g/mol. The Labute approximate surface area is 329 Å². The summed E-state index contributed by atoms with van der Waals surface area (Å²) in [4.78, 5) is 63.7. The number of carbonyl (C=O) groups is 5. The number of unbranched alkanes of at least 4 members (excludes halogenated alkanes) is 11. The van der Waals surface area contributed by atoms with E-state index in [0.717, 1.165) is 109 Å². The normalized spacial score (nSPS) is 13.0. The largest absolute Gasteiger partial charge is 0.465 e. The van der Waals surface area contributed by atoms with Crippen LogP contribution in [0.4, 0.5) is 4.79 Å². The molecule has 3 amide bonds. The van der Waals surface area contributed by atoms with Gasteiger partial charge in [0.05, 0.1) is 25.0 Å². The van der Waals surface area contributed by atoms with Crippen LogP contribution in [-0.2, 0) is 33.4 Å². The van der Waals surface area contributed by atoms with Crippen molar-refractivity contribution in [1.82, 2.24) is 16.0 Å². The van der Waals surface area contributed by atoms with Crippen LogP contribution in [0.1, 0.15) is 196 Å². The number of ether oxygens (including phenoxy) is 3. The lowest BCUT2D eigenvalue weighted by Crippen LogP contribution is -2.48. The SMILES string of the molecule is CCCCCCC(CCCC)C(=O)OCCCCCCNC(=O)[C@H](CCNC(=O)OC(C)(C)C)NC(=O)CCCOC(=O)C(CCCC)CCCCCC. The Morgan fingerprint density at radius 1 is 0.519 bits per heavy atom. The van der Waals surface area contributed by atoms with Crippen molar-refractivity contribution in [3.05, 3.63) is 0 Å². The number of hydrogen-bond donors (Lipinski definition) is 3. The fourth-order valence-corrected chi connectivity index (χ4v) is 6.19. The molecule has 11 nitrogen and oxygen atoms in total. The third-order valence-electron chi connectivity index (χ3n) is 9.45. The highest BCUT2D eigenvalue weighted by Gasteiger charge is 2.23. The zero-order valence-corrected chi connectivity index (χ0v) is 35.6. The number of alkyl carbamates (subject to hydrolysis) is 1. The second kappa shape index (κ2) is 33.5. The summed E-state index contributed by atoms with van der Waals surface area (Å²) >= 11 is 0. The highest BCUT2D eigenvalue weighted by atomic mass is 16.6. The molecule has 3 N–H and O–H groups in total. The van der Waals surface area contributed by atoms with E-state index in [1.165, 1.54) is 19.3 Å². The van der Waals surface area contributed by atoms with Gasteiger partial charge in [0, 0.05) is 19.5 Å². The third kappa shape index (κ3) is 29.5. The van der Waals surface area contributed by atoms with Crippen molar-refractivity contribution in [3.63, 3.8) is 0 Å². The van der Waals surface area contributed by atoms with Gasteiger partial charge in [-0.25, -0.2) is 4.79 Å². The molecule has 0 aliphatic carbocycles. The molecule has 0 aromatic carbocycles. The summed E-state index contributed by atoms with van der Waals surface area (Å²) < 4.78 is 16.5. The zero-order chi connectivity index (χ0) is 40.5. The molecule has 0 saturated carbocycles. The molecule has 0 fully saturated rings. The highest BCUT2D eigenvalue weighted by Crippen LogP contribution is 2.20. The second-order valence-corrected chi connectivity index (χ2v) is 15.9. The lowest BCUT2D eigenvalue weighted by Gasteiger charge is -2.21. The predicted octanol–water partition coefficient (Wildman–Crippen LogP) is 9.48. The fourth-order valence-electron chi connectivity index (χ4n) is 6.19. The topological polar surface area (TPSA) is 149 Å². The maximum absolute atomic E-state index is 13.2. The Kier molecular flexibility index (Phi) is 31.7. The van der Waals surface area contributed by atoms with Crippen molar-refractivity contribution < 1.29 is 38.2 Å². The van der Waals surface area contributed by atoms with Gasteiger partial charge in [0.25, 0.3) is 0 Å². The van der Waals surface area contributed by atoms with Crippen LogP contribution in [0.3, 0.4) is 0 Å². The number of carbonyl (C=O) groups excluding carboxylic acids is 5. The molecule has 0 aromatic rings. The van der Waals surface area contributed by atoms with Crippen molar-refractivity contribution >= 4 is 29.8 Å². The Morgan fingerprint density at radius 2 is 1.00 bits per heavy atom. The van der Waals surface area contributed by atoms with Crippen molar-refractivity contribution in [2.75, 3.05) is 26.3 Å². The van der Waals surface area contributed by atoms with E-state index >= 15 is 0 Å². The number of rotatable bonds is 34. The van der Waals surface area contributed by atoms with Crippen molar-refractivity contribution in [2.24, 2.45) is 11.8 Å². The van der Waals surface area contributed by atoms with E-state index in [1.54, 1.807) is 20.8 Å². The van der Waals surface area contributed by atoms with Gasteiger partial charge >= 0.3 is 18.0 Å². The van der Waals surface area contributed by atoms with Gasteiger partial charge < -0.3 is 30.2 Å². The van der Waals surface area contributed by atoms with Crippen LogP contribution in [-0.4, -0.2) is 67.8 Å². The maximum Gasteiger partial charge on any atom is 0.407 e. The van der Waals surface area contributed by atoms with Crippen LogP contribution < -0.4 is 16.0 Å². The van der Waals surface area contributed by atoms with E-state index in [2.05, 4.69) is 43.6 Å². The Morgan fingerprint density at radius 3 is 1.52 bits per heavy atom. The molecule has 0 saturated heterocycles. The molecule has 0 aliphatic heterocycles. The molecule has 0 aromatic heterocycles. The molecule has 0 radical (unpaired) electrons. The molecule has 316 valence electrons. The van der Waals surface area contributed by atoms with Crippen LogP contribution in [0.2, 0.25) is 0 Å². The molecule has 0 bridgehead atoms. The van der Waals surface area contributed by atoms with Gasteiger partial charge in [-0.15, -0.1) is 0 Å². The molecule has 0 heterocycles. The summed E-state index contributed by atoms with van der Waals surface area (Å²) in [6, 6.07) is -0.849. The summed E-state index contributed by atoms with van der Waals surface area (Å²) in [5.74, 6) is -0.994. The lowest BCUT2D eigenvalue weighted by molar-refractivity contribution is -0.150. The van der Waals surface area contributed by atoms with Crippen LogP contribution in [0.15, 0.2) is 0 Å². The van der Waals surface area contributed by atoms with Gasteiger partial charge in [-0.2, -0.15) is 0 Å². The Balaban J connectivity index is 4.80. The van der Waals surface area contributed by atoms with Crippen LogP contribution in [0.25, 0.3) is 0 Å². The molecule has 0 spiro atoms. The van der Waals surface area contributed by atoms with E-state index in [4.69, 9.17) is 14.2 Å². The smallest absolute Gasteiger partial charge is 0.407 e. The molecule has 0 aliphatic rings. The summed E-state index contributed by atoms with van der Waals surface area (Å²) in [5, 5.41) is 8.38. The minimum absolute atomic E-state index is 0.000287. The Hall–Kier alpha value is -2.85. The first-order valence-electron chi connectivity index (χ1n) is 21.7. The molecule has 3 atom stereocenters. The third-order valence-corrected chi connectivity index (χ3v) is 9.45. The summed E-state index contributed by atoms with van der Waals surface area (Å²) in [5.41, 5.74) is -0.657. The van der Waals surface area contributed by atoms with Crippen molar-refractivity contribution in [2.45, 2.75) is 208 Å². The summed E-state index contributed by atoms with van der Waals surface area (Å²) in [6.07, 6.45) is 20.0. The van der Waals surface area contributed by atoms with Gasteiger partial charge in [-0.05, 0) is 78.6 Å². The average molecular weight is 768 g/mol. The van der Waals surface area contributed by atoms with Gasteiger partial charge in [-0.3, -0.25) is 19.2 Å². The van der Waals surface area contributed by atoms with E-state index in [-0.39, 0.29) is 61.6 Å². The first kappa shape index (κ1) is 51.1. The molecule has 11 heteroatoms. The first-order chi connectivity index (χ1) is 25.9. The van der Waals surface area contributed by atoms with Crippen LogP contribution >= 0.6 is 0 Å². The predicted molar refractivity (Wildman–Crippen MR) is 217 cm³/mol. The minimum atomic E-state index is -0.849. The van der Waals surface area contributed by atoms with E-state index < -0.39 is 17.7 Å². The molecular formula is C43H81N3O8. The summed E-state index contributed by atoms with van der Waals surface area (Å²) in [6.45, 7) is 15.1. The minimum Gasteiger partial charge on any atom is -0.465 e. The highest BCUT2D eigenvalue weighted by molar-refractivity contribution is 5.87. The van der Waals surface area contributed by atoms with Crippen molar-refractivity contribution in [1.29, 1.82) is 0 Å². The number of amides is 3. The average Bonchev–Trinajstić information content (AvgIpc) is 3.12.